The van der Waals surface area contributed by atoms with Gasteiger partial charge in [-0.2, -0.15) is 32.2 Å². The van der Waals surface area contributed by atoms with E-state index < -0.39 is 12.2 Å². The van der Waals surface area contributed by atoms with Crippen LogP contribution in [0.4, 0.5) is 0 Å². The molecule has 0 saturated carbocycles. The zero-order valence-electron chi connectivity index (χ0n) is 38.5. The minimum atomic E-state index is -0.784. The van der Waals surface area contributed by atoms with E-state index in [0.29, 0.717) is 23.0 Å². The first-order chi connectivity index (χ1) is 34.0. The average Bonchev–Trinajstić information content (AvgIpc) is 3.89. The van der Waals surface area contributed by atoms with Gasteiger partial charge in [0.15, 0.2) is 0 Å². The number of aromatic nitrogens is 2. The van der Waals surface area contributed by atoms with E-state index in [1.54, 1.807) is 24.9 Å². The minimum absolute atomic E-state index is 0.0631. The van der Waals surface area contributed by atoms with Crippen molar-refractivity contribution in [3.8, 4) is 11.5 Å². The number of rotatable bonds is 18. The number of ether oxygens (including phenoxy) is 2. The third-order valence-corrected chi connectivity index (χ3v) is 13.7. The van der Waals surface area contributed by atoms with Gasteiger partial charge < -0.3 is 28.8 Å². The van der Waals surface area contributed by atoms with Crippen LogP contribution in [-0.2, 0) is 13.1 Å². The van der Waals surface area contributed by atoms with Crippen LogP contribution in [0.25, 0.3) is 65.2 Å². The normalized spacial score (nSPS) is 13.3. The molecule has 344 valence electrons. The molecule has 10 nitrogen and oxygen atoms in total. The molecule has 11 heteroatoms. The van der Waals surface area contributed by atoms with Gasteiger partial charge in [0.25, 0.3) is 0 Å². The second-order valence-corrected chi connectivity index (χ2v) is 18.0. The number of hydrogen-bond acceptors (Lipinski definition) is 9. The fourth-order valence-corrected chi connectivity index (χ4v) is 10.1. The summed E-state index contributed by atoms with van der Waals surface area (Å²) in [6.07, 6.45) is 5.38. The topological polar surface area (TPSA) is 118 Å². The van der Waals surface area contributed by atoms with Crippen molar-refractivity contribution in [2.45, 2.75) is 39.1 Å². The molecular formula is C58H52N6O4S. The standard InChI is InChI=1S/C58H52N6O4S/c1-3-63-53-19-11-9-17-47(53)49-29-39(21-25-55(49)63)31-59-61-33-51-45-15-7-5-13-41(45)23-27-57(51)67-35-43(65)37-69-38-44(66)36-68-58-28-24-42-14-6-8-16-46(42)52(58)34-62-60-32-40-22-26-56-50(30-40)48-18-10-12-20-54(48)64(56)4-2/h5-34,43-44,65-66H,3-4,35-38H2,1-2H3. The maximum absolute atomic E-state index is 11.0. The lowest BCUT2D eigenvalue weighted by atomic mass is 10.0. The average molecular weight is 929 g/mol. The summed E-state index contributed by atoms with van der Waals surface area (Å²) in [7, 11) is 0. The highest BCUT2D eigenvalue weighted by Gasteiger charge is 2.15. The Morgan fingerprint density at radius 2 is 0.841 bits per heavy atom. The highest BCUT2D eigenvalue weighted by Crippen LogP contribution is 2.32. The van der Waals surface area contributed by atoms with Crippen molar-refractivity contribution < 1.29 is 19.7 Å². The Morgan fingerprint density at radius 3 is 1.29 bits per heavy atom. The highest BCUT2D eigenvalue weighted by molar-refractivity contribution is 7.99. The first-order valence-electron chi connectivity index (χ1n) is 23.3. The first kappa shape index (κ1) is 45.2. The smallest absolute Gasteiger partial charge is 0.128 e. The van der Waals surface area contributed by atoms with Gasteiger partial charge in [-0.1, -0.05) is 109 Å². The zero-order valence-corrected chi connectivity index (χ0v) is 39.3. The van der Waals surface area contributed by atoms with Crippen LogP contribution in [0.15, 0.2) is 178 Å². The fourth-order valence-electron chi connectivity index (χ4n) is 9.24. The number of benzene rings is 8. The molecule has 2 heterocycles. The van der Waals surface area contributed by atoms with Crippen LogP contribution in [0.5, 0.6) is 11.5 Å². The fraction of sp³-hybridized carbons (Fsp3) is 0.172. The zero-order chi connectivity index (χ0) is 47.1. The van der Waals surface area contributed by atoms with Gasteiger partial charge >= 0.3 is 0 Å². The van der Waals surface area contributed by atoms with E-state index in [9.17, 15) is 10.2 Å². The molecule has 0 aliphatic heterocycles. The third kappa shape index (κ3) is 9.62. The molecule has 0 aliphatic rings. The maximum atomic E-state index is 11.0. The summed E-state index contributed by atoms with van der Waals surface area (Å²) >= 11 is 1.44. The molecule has 0 bridgehead atoms. The number of aliphatic hydroxyl groups excluding tert-OH is 2. The Balaban J connectivity index is 0.750. The lowest BCUT2D eigenvalue weighted by Gasteiger charge is -2.17. The van der Waals surface area contributed by atoms with Crippen molar-refractivity contribution in [2.75, 3.05) is 24.7 Å². The van der Waals surface area contributed by atoms with Gasteiger partial charge in [0.2, 0.25) is 0 Å². The van der Waals surface area contributed by atoms with Gasteiger partial charge in [0, 0.05) is 79.3 Å². The third-order valence-electron chi connectivity index (χ3n) is 12.5. The molecule has 2 atom stereocenters. The lowest BCUT2D eigenvalue weighted by Crippen LogP contribution is -2.24. The molecule has 0 radical (unpaired) electrons. The van der Waals surface area contributed by atoms with Crippen molar-refractivity contribution in [1.82, 2.24) is 9.13 Å². The van der Waals surface area contributed by atoms with Crippen molar-refractivity contribution in [3.63, 3.8) is 0 Å². The molecule has 10 rings (SSSR count). The predicted octanol–water partition coefficient (Wildman–Crippen LogP) is 12.1. The van der Waals surface area contributed by atoms with Gasteiger partial charge in [0.1, 0.15) is 24.7 Å². The summed E-state index contributed by atoms with van der Waals surface area (Å²) in [5.74, 6) is 1.91. The SMILES string of the molecule is CCn1c2ccccc2c2cc(C=NN=Cc3c(OCC(O)CSCC(O)COc4ccc5ccccc5c4C=NN=Cc4ccc5c(c4)c4ccccc4n5CC)ccc4ccccc34)ccc21. The van der Waals surface area contributed by atoms with E-state index in [0.717, 1.165) is 56.9 Å². The Labute approximate surface area is 404 Å². The van der Waals surface area contributed by atoms with E-state index in [1.165, 1.54) is 55.4 Å². The van der Waals surface area contributed by atoms with Crippen molar-refractivity contribution in [2.24, 2.45) is 20.4 Å². The summed E-state index contributed by atoms with van der Waals surface area (Å²) in [4.78, 5) is 0. The number of aliphatic hydroxyl groups is 2. The molecular weight excluding hydrogens is 877 g/mol. The van der Waals surface area contributed by atoms with Crippen molar-refractivity contribution in [1.29, 1.82) is 0 Å². The molecule has 0 aliphatic carbocycles. The summed E-state index contributed by atoms with van der Waals surface area (Å²) in [6.45, 7) is 6.24. The van der Waals surface area contributed by atoms with Crippen LogP contribution in [-0.4, -0.2) is 81.1 Å². The largest absolute Gasteiger partial charge is 0.490 e. The molecule has 0 spiro atoms. The van der Waals surface area contributed by atoms with Crippen LogP contribution in [0.1, 0.15) is 36.1 Å². The Hall–Kier alpha value is -7.57. The van der Waals surface area contributed by atoms with Gasteiger partial charge in [-0.25, -0.2) is 0 Å². The number of fused-ring (bicyclic) bond motifs is 8. The molecule has 0 saturated heterocycles. The summed E-state index contributed by atoms with van der Waals surface area (Å²) < 4.78 is 17.1. The number of aryl methyl sites for hydroxylation is 2. The minimum Gasteiger partial charge on any atom is -0.490 e. The summed E-state index contributed by atoms with van der Waals surface area (Å²) in [6, 6.07) is 53.6. The molecule has 2 unspecified atom stereocenters. The number of para-hydroxylation sites is 2. The van der Waals surface area contributed by atoms with Gasteiger partial charge in [-0.05, 0) is 95.1 Å². The molecule has 10 aromatic rings. The van der Waals surface area contributed by atoms with Crippen molar-refractivity contribution >= 4 is 102 Å². The van der Waals surface area contributed by atoms with Gasteiger partial charge in [-0.3, -0.25) is 0 Å². The Bertz CT molecular complexity index is 3360. The van der Waals surface area contributed by atoms with Crippen LogP contribution >= 0.6 is 11.8 Å². The molecule has 2 N–H and O–H groups in total. The van der Waals surface area contributed by atoms with Gasteiger partial charge in [-0.15, -0.1) is 0 Å². The van der Waals surface area contributed by atoms with Crippen LogP contribution in [0.2, 0.25) is 0 Å². The Morgan fingerprint density at radius 1 is 0.449 bits per heavy atom. The van der Waals surface area contributed by atoms with E-state index in [4.69, 9.17) is 9.47 Å². The molecule has 8 aromatic carbocycles. The first-order valence-corrected chi connectivity index (χ1v) is 24.5. The van der Waals surface area contributed by atoms with Gasteiger partial charge in [0.05, 0.1) is 37.1 Å². The summed E-state index contributed by atoms with van der Waals surface area (Å²) in [5, 5.41) is 48.6. The lowest BCUT2D eigenvalue weighted by molar-refractivity contribution is 0.122. The Kier molecular flexibility index (Phi) is 13.6. The van der Waals surface area contributed by atoms with E-state index in [1.807, 2.05) is 72.8 Å². The number of nitrogens with zero attached hydrogens (tertiary/aromatic N) is 6. The highest BCUT2D eigenvalue weighted by atomic mass is 32.2. The molecule has 0 fully saturated rings. The molecule has 69 heavy (non-hydrogen) atoms. The maximum Gasteiger partial charge on any atom is 0.128 e. The van der Waals surface area contributed by atoms with Crippen LogP contribution < -0.4 is 9.47 Å². The van der Waals surface area contributed by atoms with Crippen LogP contribution in [0, 0.1) is 0 Å². The second-order valence-electron chi connectivity index (χ2n) is 16.9. The molecule has 2 aromatic heterocycles. The van der Waals surface area contributed by atoms with Crippen LogP contribution in [0.3, 0.4) is 0 Å². The number of hydrogen-bond donors (Lipinski definition) is 2. The predicted molar refractivity (Wildman–Crippen MR) is 289 cm³/mol. The summed E-state index contributed by atoms with van der Waals surface area (Å²) in [5.41, 5.74) is 8.29. The van der Waals surface area contributed by atoms with E-state index in [-0.39, 0.29) is 13.2 Å². The monoisotopic (exact) mass is 928 g/mol. The quantitative estimate of drug-likeness (QED) is 0.0656. The van der Waals surface area contributed by atoms with Crippen molar-refractivity contribution in [3.05, 3.63) is 180 Å². The molecule has 0 amide bonds. The van der Waals surface area contributed by atoms with E-state index >= 15 is 0 Å². The van der Waals surface area contributed by atoms with E-state index in [2.05, 4.69) is 128 Å². The second kappa shape index (κ2) is 20.7. The number of thioether (sulfide) groups is 1.